The van der Waals surface area contributed by atoms with Crippen molar-refractivity contribution in [3.63, 3.8) is 0 Å². The maximum absolute atomic E-state index is 5.69. The van der Waals surface area contributed by atoms with Crippen molar-refractivity contribution >= 4 is 0 Å². The van der Waals surface area contributed by atoms with Crippen molar-refractivity contribution in [2.45, 2.75) is 116 Å². The first-order valence-electron chi connectivity index (χ1n) is 10.2. The Bertz CT molecular complexity index is 210. The SMILES string of the molecule is CCCCCCCCCCCCCCCC1OCCCCO1. The summed E-state index contributed by atoms with van der Waals surface area (Å²) in [7, 11) is 0. The van der Waals surface area contributed by atoms with Crippen molar-refractivity contribution in [2.24, 2.45) is 0 Å². The molecule has 1 heterocycles. The van der Waals surface area contributed by atoms with Crippen molar-refractivity contribution in [3.05, 3.63) is 0 Å². The third kappa shape index (κ3) is 12.5. The first-order chi connectivity index (χ1) is 10.9. The fraction of sp³-hybridized carbons (Fsp3) is 1.00. The molecule has 22 heavy (non-hydrogen) atoms. The molecule has 2 nitrogen and oxygen atoms in total. The number of unbranched alkanes of at least 4 members (excludes halogenated alkanes) is 12. The Labute approximate surface area is 139 Å². The van der Waals surface area contributed by atoms with Crippen molar-refractivity contribution in [1.29, 1.82) is 0 Å². The smallest absolute Gasteiger partial charge is 0.157 e. The van der Waals surface area contributed by atoms with E-state index in [2.05, 4.69) is 6.92 Å². The molecule has 1 rings (SSSR count). The lowest BCUT2D eigenvalue weighted by atomic mass is 10.0. The van der Waals surface area contributed by atoms with Crippen LogP contribution >= 0.6 is 0 Å². The summed E-state index contributed by atoms with van der Waals surface area (Å²) >= 11 is 0. The molecular formula is C20H40O2. The van der Waals surface area contributed by atoms with E-state index < -0.39 is 0 Å². The van der Waals surface area contributed by atoms with Gasteiger partial charge in [0.25, 0.3) is 0 Å². The Morgan fingerprint density at radius 2 is 1.00 bits per heavy atom. The molecule has 2 heteroatoms. The summed E-state index contributed by atoms with van der Waals surface area (Å²) in [6.07, 6.45) is 21.9. The van der Waals surface area contributed by atoms with Gasteiger partial charge in [0.1, 0.15) is 0 Å². The van der Waals surface area contributed by atoms with E-state index in [0.717, 1.165) is 32.5 Å². The molecule has 0 spiro atoms. The highest BCUT2D eigenvalue weighted by atomic mass is 16.7. The van der Waals surface area contributed by atoms with Crippen LogP contribution in [-0.4, -0.2) is 19.5 Å². The van der Waals surface area contributed by atoms with E-state index in [1.54, 1.807) is 0 Å². The zero-order valence-electron chi connectivity index (χ0n) is 15.1. The highest BCUT2D eigenvalue weighted by Crippen LogP contribution is 2.15. The molecule has 0 N–H and O–H groups in total. The molecular weight excluding hydrogens is 272 g/mol. The minimum absolute atomic E-state index is 0.0928. The average Bonchev–Trinajstić information content (AvgIpc) is 2.80. The number of rotatable bonds is 14. The molecule has 0 aromatic carbocycles. The molecule has 132 valence electrons. The minimum Gasteiger partial charge on any atom is -0.353 e. The maximum atomic E-state index is 5.69. The fourth-order valence-corrected chi connectivity index (χ4v) is 3.18. The number of hydrogen-bond donors (Lipinski definition) is 0. The van der Waals surface area contributed by atoms with Gasteiger partial charge in [0.05, 0.1) is 0 Å². The third-order valence-corrected chi connectivity index (χ3v) is 4.69. The van der Waals surface area contributed by atoms with E-state index in [1.807, 2.05) is 0 Å². The highest BCUT2D eigenvalue weighted by molar-refractivity contribution is 4.54. The van der Waals surface area contributed by atoms with Gasteiger partial charge in [-0.15, -0.1) is 0 Å². The lowest BCUT2D eigenvalue weighted by Gasteiger charge is -2.14. The molecule has 1 aliphatic heterocycles. The van der Waals surface area contributed by atoms with E-state index in [4.69, 9.17) is 9.47 Å². The molecule has 0 atom stereocenters. The molecule has 0 amide bonds. The number of ether oxygens (including phenoxy) is 2. The Kier molecular flexibility index (Phi) is 14.3. The molecule has 1 fully saturated rings. The zero-order valence-corrected chi connectivity index (χ0v) is 15.1. The van der Waals surface area contributed by atoms with Crippen molar-refractivity contribution in [3.8, 4) is 0 Å². The van der Waals surface area contributed by atoms with Gasteiger partial charge in [-0.3, -0.25) is 0 Å². The molecule has 0 radical (unpaired) electrons. The van der Waals surface area contributed by atoms with Gasteiger partial charge in [-0.25, -0.2) is 0 Å². The van der Waals surface area contributed by atoms with Crippen LogP contribution in [0.3, 0.4) is 0 Å². The highest BCUT2D eigenvalue weighted by Gasteiger charge is 2.11. The van der Waals surface area contributed by atoms with E-state index in [0.29, 0.717) is 0 Å². The summed E-state index contributed by atoms with van der Waals surface area (Å²) in [6, 6.07) is 0. The standard InChI is InChI=1S/C20H40O2/c1-2-3-4-5-6-7-8-9-10-11-12-13-14-17-20-21-18-15-16-19-22-20/h20H,2-19H2,1H3. The monoisotopic (exact) mass is 312 g/mol. The molecule has 0 aromatic heterocycles. The van der Waals surface area contributed by atoms with Crippen LogP contribution in [0.2, 0.25) is 0 Å². The van der Waals surface area contributed by atoms with Crippen LogP contribution < -0.4 is 0 Å². The van der Waals surface area contributed by atoms with Gasteiger partial charge >= 0.3 is 0 Å². The fourth-order valence-electron chi connectivity index (χ4n) is 3.18. The summed E-state index contributed by atoms with van der Waals surface area (Å²) in [5.74, 6) is 0. The number of hydrogen-bond acceptors (Lipinski definition) is 2. The van der Waals surface area contributed by atoms with Crippen LogP contribution in [0, 0.1) is 0 Å². The average molecular weight is 313 g/mol. The molecule has 1 saturated heterocycles. The van der Waals surface area contributed by atoms with Gasteiger partial charge in [-0.1, -0.05) is 84.0 Å². The van der Waals surface area contributed by atoms with Crippen LogP contribution in [0.4, 0.5) is 0 Å². The van der Waals surface area contributed by atoms with Crippen LogP contribution in [0.1, 0.15) is 110 Å². The van der Waals surface area contributed by atoms with Gasteiger partial charge in [-0.05, 0) is 25.7 Å². The van der Waals surface area contributed by atoms with E-state index in [-0.39, 0.29) is 6.29 Å². The second-order valence-electron chi connectivity index (χ2n) is 6.91. The topological polar surface area (TPSA) is 18.5 Å². The van der Waals surface area contributed by atoms with E-state index >= 15 is 0 Å². The summed E-state index contributed by atoms with van der Waals surface area (Å²) < 4.78 is 11.4. The lowest BCUT2D eigenvalue weighted by molar-refractivity contribution is -0.130. The molecule has 0 aromatic rings. The summed E-state index contributed by atoms with van der Waals surface area (Å²) in [6.45, 7) is 4.07. The van der Waals surface area contributed by atoms with Crippen LogP contribution in [-0.2, 0) is 9.47 Å². The summed E-state index contributed by atoms with van der Waals surface area (Å²) in [5, 5.41) is 0. The first-order valence-corrected chi connectivity index (χ1v) is 10.2. The lowest BCUT2D eigenvalue weighted by Crippen LogP contribution is -2.15. The Morgan fingerprint density at radius 3 is 1.45 bits per heavy atom. The second kappa shape index (κ2) is 15.8. The molecule has 0 saturated carbocycles. The Hall–Kier alpha value is -0.0800. The largest absolute Gasteiger partial charge is 0.353 e. The Balaban J connectivity index is 1.72. The van der Waals surface area contributed by atoms with Crippen LogP contribution in [0.5, 0.6) is 0 Å². The minimum atomic E-state index is 0.0928. The van der Waals surface area contributed by atoms with Gasteiger partial charge < -0.3 is 9.47 Å². The first kappa shape index (κ1) is 20.0. The summed E-state index contributed by atoms with van der Waals surface area (Å²) in [5.41, 5.74) is 0. The molecule has 0 bridgehead atoms. The van der Waals surface area contributed by atoms with Crippen LogP contribution in [0.15, 0.2) is 0 Å². The van der Waals surface area contributed by atoms with Gasteiger partial charge in [0.2, 0.25) is 0 Å². The Morgan fingerprint density at radius 1 is 0.591 bits per heavy atom. The van der Waals surface area contributed by atoms with Crippen LogP contribution in [0.25, 0.3) is 0 Å². The van der Waals surface area contributed by atoms with Crippen molar-refractivity contribution in [1.82, 2.24) is 0 Å². The molecule has 0 aliphatic carbocycles. The van der Waals surface area contributed by atoms with E-state index in [9.17, 15) is 0 Å². The normalized spacial score (nSPS) is 16.8. The third-order valence-electron chi connectivity index (χ3n) is 4.69. The van der Waals surface area contributed by atoms with E-state index in [1.165, 1.54) is 83.5 Å². The quantitative estimate of drug-likeness (QED) is 0.335. The van der Waals surface area contributed by atoms with Gasteiger partial charge in [-0.2, -0.15) is 0 Å². The van der Waals surface area contributed by atoms with Gasteiger partial charge in [0, 0.05) is 13.2 Å². The van der Waals surface area contributed by atoms with Gasteiger partial charge in [0.15, 0.2) is 6.29 Å². The summed E-state index contributed by atoms with van der Waals surface area (Å²) in [4.78, 5) is 0. The van der Waals surface area contributed by atoms with Crippen molar-refractivity contribution < 1.29 is 9.47 Å². The second-order valence-corrected chi connectivity index (χ2v) is 6.91. The maximum Gasteiger partial charge on any atom is 0.157 e. The zero-order chi connectivity index (χ0) is 15.7. The predicted octanol–water partition coefficient (Wildman–Crippen LogP) is 6.62. The molecule has 1 aliphatic rings. The predicted molar refractivity (Wildman–Crippen MR) is 95.2 cm³/mol. The van der Waals surface area contributed by atoms with Crippen molar-refractivity contribution in [2.75, 3.05) is 13.2 Å². The molecule has 0 unspecified atom stereocenters.